The maximum Gasteiger partial charge on any atom is 0.416 e. The van der Waals surface area contributed by atoms with Crippen molar-refractivity contribution in [2.24, 2.45) is 16.8 Å². The summed E-state index contributed by atoms with van der Waals surface area (Å²) in [4.78, 5) is 27.0. The molecular weight excluding hydrogens is 399 g/mol. The number of likely N-dealkylation sites (tertiary alicyclic amines) is 1. The number of benzene rings is 1. The molecule has 3 rings (SSSR count). The minimum atomic E-state index is -4.48. The number of nitrogens with one attached hydrogen (secondary N) is 2. The molecule has 4 N–H and O–H groups in total. The summed E-state index contributed by atoms with van der Waals surface area (Å²) in [5, 5.41) is 6.57. The molecule has 2 heterocycles. The molecule has 0 aliphatic carbocycles. The lowest BCUT2D eigenvalue weighted by Crippen LogP contribution is -2.55. The fourth-order valence-electron chi connectivity index (χ4n) is 3.88. The molecule has 0 radical (unpaired) electrons. The van der Waals surface area contributed by atoms with Gasteiger partial charge in [-0.25, -0.2) is 0 Å². The predicted molar refractivity (Wildman–Crippen MR) is 105 cm³/mol. The van der Waals surface area contributed by atoms with Gasteiger partial charge in [-0.3, -0.25) is 9.59 Å². The lowest BCUT2D eigenvalue weighted by Gasteiger charge is -2.39. The van der Waals surface area contributed by atoms with Crippen LogP contribution in [0.15, 0.2) is 29.4 Å². The number of amides is 2. The number of carbonyl (C=O) groups is 2. The van der Waals surface area contributed by atoms with Gasteiger partial charge >= 0.3 is 18.0 Å². The number of piperidine rings is 1. The number of halogens is 3. The SMILES string of the molecule is C[C@H]1CC[C@H](c2cccc(C(F)(F)F)c2)N(C(=O)C(=O)N[C@H]2CC=NNCC2N)C1. The van der Waals surface area contributed by atoms with E-state index < -0.39 is 41.7 Å². The number of carbonyl (C=O) groups excluding carboxylic acids is 2. The fraction of sp³-hybridized carbons (Fsp3) is 0.550. The maximum atomic E-state index is 13.1. The van der Waals surface area contributed by atoms with Crippen LogP contribution in [0.4, 0.5) is 13.2 Å². The van der Waals surface area contributed by atoms with Crippen LogP contribution < -0.4 is 16.5 Å². The van der Waals surface area contributed by atoms with Gasteiger partial charge in [0, 0.05) is 25.2 Å². The molecule has 1 fully saturated rings. The Balaban J connectivity index is 1.79. The number of hydrogen-bond acceptors (Lipinski definition) is 5. The van der Waals surface area contributed by atoms with E-state index >= 15 is 0 Å². The van der Waals surface area contributed by atoms with Crippen LogP contribution in [0.1, 0.15) is 43.4 Å². The number of alkyl halides is 3. The molecule has 1 unspecified atom stereocenters. The van der Waals surface area contributed by atoms with E-state index in [2.05, 4.69) is 15.8 Å². The summed E-state index contributed by atoms with van der Waals surface area (Å²) in [6, 6.07) is 3.47. The van der Waals surface area contributed by atoms with Crippen LogP contribution in [0.5, 0.6) is 0 Å². The molecule has 0 spiro atoms. The quantitative estimate of drug-likeness (QED) is 0.629. The average molecular weight is 425 g/mol. The molecule has 0 saturated carbocycles. The highest BCUT2D eigenvalue weighted by Crippen LogP contribution is 2.36. The lowest BCUT2D eigenvalue weighted by molar-refractivity contribution is -0.149. The van der Waals surface area contributed by atoms with E-state index in [0.29, 0.717) is 31.5 Å². The van der Waals surface area contributed by atoms with Gasteiger partial charge in [-0.05, 0) is 36.5 Å². The monoisotopic (exact) mass is 425 g/mol. The van der Waals surface area contributed by atoms with Crippen molar-refractivity contribution in [3.8, 4) is 0 Å². The first-order valence-corrected chi connectivity index (χ1v) is 9.95. The number of hydrogen-bond donors (Lipinski definition) is 3. The van der Waals surface area contributed by atoms with Crippen molar-refractivity contribution in [3.63, 3.8) is 0 Å². The summed E-state index contributed by atoms with van der Waals surface area (Å²) in [6.45, 7) is 2.60. The van der Waals surface area contributed by atoms with Gasteiger partial charge in [0.25, 0.3) is 0 Å². The molecule has 0 bridgehead atoms. The van der Waals surface area contributed by atoms with Crippen molar-refractivity contribution < 1.29 is 22.8 Å². The molecule has 4 atom stereocenters. The molecule has 2 aliphatic heterocycles. The van der Waals surface area contributed by atoms with Crippen LogP contribution >= 0.6 is 0 Å². The van der Waals surface area contributed by atoms with Crippen molar-refractivity contribution in [3.05, 3.63) is 35.4 Å². The van der Waals surface area contributed by atoms with Gasteiger partial charge in [-0.1, -0.05) is 19.1 Å². The summed E-state index contributed by atoms with van der Waals surface area (Å²) < 4.78 is 39.4. The second-order valence-corrected chi connectivity index (χ2v) is 7.93. The summed E-state index contributed by atoms with van der Waals surface area (Å²) >= 11 is 0. The van der Waals surface area contributed by atoms with Gasteiger partial charge in [0.15, 0.2) is 0 Å². The van der Waals surface area contributed by atoms with E-state index in [9.17, 15) is 22.8 Å². The number of hydrazone groups is 1. The summed E-state index contributed by atoms with van der Waals surface area (Å²) in [5.41, 5.74) is 8.37. The van der Waals surface area contributed by atoms with Crippen LogP contribution in [0.2, 0.25) is 0 Å². The third-order valence-electron chi connectivity index (χ3n) is 5.57. The minimum Gasteiger partial charge on any atom is -0.343 e. The van der Waals surface area contributed by atoms with E-state index in [1.807, 2.05) is 6.92 Å². The Morgan fingerprint density at radius 3 is 2.80 bits per heavy atom. The summed E-state index contributed by atoms with van der Waals surface area (Å²) in [5.74, 6) is -1.43. The van der Waals surface area contributed by atoms with Crippen molar-refractivity contribution in [1.82, 2.24) is 15.6 Å². The van der Waals surface area contributed by atoms with Crippen LogP contribution in [-0.4, -0.2) is 48.1 Å². The summed E-state index contributed by atoms with van der Waals surface area (Å²) in [6.07, 6.45) is -1.28. The standard InChI is InChI=1S/C20H26F3N5O2/c1-12-5-6-17(13-3-2-4-14(9-13)20(21,22)23)28(11-12)19(30)18(29)27-16-7-8-25-26-10-15(16)24/h2-4,8-9,12,15-17,26H,5-7,10-11,24H2,1H3,(H,27,29)/t12-,15?,16-,17+/m0/s1. The molecule has 1 saturated heterocycles. The maximum absolute atomic E-state index is 13.1. The van der Waals surface area contributed by atoms with Gasteiger partial charge in [0.05, 0.1) is 24.2 Å². The molecule has 164 valence electrons. The molecule has 2 aliphatic rings. The Kier molecular flexibility index (Phi) is 6.64. The fourth-order valence-corrected chi connectivity index (χ4v) is 3.88. The van der Waals surface area contributed by atoms with Gasteiger partial charge in [0.2, 0.25) is 0 Å². The third-order valence-corrected chi connectivity index (χ3v) is 5.57. The lowest BCUT2D eigenvalue weighted by atomic mass is 9.89. The van der Waals surface area contributed by atoms with E-state index in [0.717, 1.165) is 18.6 Å². The van der Waals surface area contributed by atoms with E-state index in [-0.39, 0.29) is 5.92 Å². The third kappa shape index (κ3) is 5.10. The smallest absolute Gasteiger partial charge is 0.343 e. The molecule has 1 aromatic rings. The van der Waals surface area contributed by atoms with Crippen molar-refractivity contribution >= 4 is 18.0 Å². The average Bonchev–Trinajstić information content (AvgIpc) is 2.91. The number of nitrogens with zero attached hydrogens (tertiary/aromatic N) is 2. The van der Waals surface area contributed by atoms with Gasteiger partial charge < -0.3 is 21.4 Å². The Bertz CT molecular complexity index is 814. The predicted octanol–water partition coefficient (Wildman–Crippen LogP) is 1.80. The van der Waals surface area contributed by atoms with E-state index in [1.54, 1.807) is 12.3 Å². The Morgan fingerprint density at radius 1 is 1.30 bits per heavy atom. The van der Waals surface area contributed by atoms with Crippen molar-refractivity contribution in [2.45, 2.75) is 50.5 Å². The first kappa shape index (κ1) is 22.1. The van der Waals surface area contributed by atoms with Crippen LogP contribution in [-0.2, 0) is 15.8 Å². The van der Waals surface area contributed by atoms with E-state index in [1.165, 1.54) is 11.0 Å². The Morgan fingerprint density at radius 2 is 2.07 bits per heavy atom. The zero-order chi connectivity index (χ0) is 21.9. The molecule has 2 amide bonds. The van der Waals surface area contributed by atoms with Crippen LogP contribution in [0, 0.1) is 5.92 Å². The van der Waals surface area contributed by atoms with Gasteiger partial charge in [-0.15, -0.1) is 0 Å². The minimum absolute atomic E-state index is 0.139. The zero-order valence-electron chi connectivity index (χ0n) is 16.7. The molecular formula is C20H26F3N5O2. The van der Waals surface area contributed by atoms with Crippen molar-refractivity contribution in [1.29, 1.82) is 0 Å². The molecule has 10 heteroatoms. The zero-order valence-corrected chi connectivity index (χ0v) is 16.7. The molecule has 0 aromatic heterocycles. The largest absolute Gasteiger partial charge is 0.416 e. The number of nitrogens with two attached hydrogens (primary N) is 1. The highest BCUT2D eigenvalue weighted by molar-refractivity contribution is 6.35. The topological polar surface area (TPSA) is 99.8 Å². The van der Waals surface area contributed by atoms with Gasteiger partial charge in [-0.2, -0.15) is 18.3 Å². The second-order valence-electron chi connectivity index (χ2n) is 7.93. The van der Waals surface area contributed by atoms with Crippen LogP contribution in [0.3, 0.4) is 0 Å². The van der Waals surface area contributed by atoms with Gasteiger partial charge in [0.1, 0.15) is 0 Å². The second kappa shape index (κ2) is 9.03. The first-order chi connectivity index (χ1) is 14.2. The molecule has 1 aromatic carbocycles. The highest BCUT2D eigenvalue weighted by atomic mass is 19.4. The first-order valence-electron chi connectivity index (χ1n) is 9.95. The highest BCUT2D eigenvalue weighted by Gasteiger charge is 2.37. The summed E-state index contributed by atoms with van der Waals surface area (Å²) in [7, 11) is 0. The Hall–Kier alpha value is -2.62. The Labute approximate surface area is 172 Å². The normalized spacial score (nSPS) is 27.2. The van der Waals surface area contributed by atoms with Crippen LogP contribution in [0.25, 0.3) is 0 Å². The molecule has 7 nitrogen and oxygen atoms in total. The van der Waals surface area contributed by atoms with Crippen molar-refractivity contribution in [2.75, 3.05) is 13.1 Å². The van der Waals surface area contributed by atoms with E-state index in [4.69, 9.17) is 5.73 Å². The number of rotatable bonds is 2. The molecule has 30 heavy (non-hydrogen) atoms.